The van der Waals surface area contributed by atoms with E-state index in [2.05, 4.69) is 64.7 Å². The van der Waals surface area contributed by atoms with Crippen molar-refractivity contribution in [2.45, 2.75) is 58.0 Å². The summed E-state index contributed by atoms with van der Waals surface area (Å²) in [6.07, 6.45) is 5.51. The summed E-state index contributed by atoms with van der Waals surface area (Å²) in [7, 11) is 1.78. The highest BCUT2D eigenvalue weighted by molar-refractivity contribution is 14.0. The van der Waals surface area contributed by atoms with E-state index in [0.29, 0.717) is 24.5 Å². The highest BCUT2D eigenvalue weighted by atomic mass is 127. The number of guanidine groups is 1. The Hall–Kier alpha value is -1.35. The van der Waals surface area contributed by atoms with Crippen molar-refractivity contribution in [3.8, 4) is 0 Å². The van der Waals surface area contributed by atoms with Crippen molar-refractivity contribution >= 4 is 35.8 Å². The first kappa shape index (κ1) is 25.9. The number of carbonyl (C=O) groups is 1. The molecule has 0 bridgehead atoms. The van der Waals surface area contributed by atoms with Crippen molar-refractivity contribution in [2.75, 3.05) is 39.8 Å². The molecule has 0 atom stereocenters. The van der Waals surface area contributed by atoms with Gasteiger partial charge in [0.15, 0.2) is 5.96 Å². The number of likely N-dealkylation sites (tertiary alicyclic amines) is 2. The normalized spacial score (nSPS) is 19.2. The Labute approximate surface area is 205 Å². The summed E-state index contributed by atoms with van der Waals surface area (Å²) in [6, 6.07) is 11.7. The van der Waals surface area contributed by atoms with Crippen LogP contribution in [0.25, 0.3) is 0 Å². The van der Waals surface area contributed by atoms with Gasteiger partial charge in [-0.1, -0.05) is 30.3 Å². The third-order valence-corrected chi connectivity index (χ3v) is 6.57. The summed E-state index contributed by atoms with van der Waals surface area (Å²) in [5.41, 5.74) is 1.40. The standard InChI is InChI=1S/C24H39N5O.HI/c1-19(2)28-15-11-22(12-16-28)27-24(25-3)26-18-23(30)29-13-9-21(10-14-29)17-20-7-5-4-6-8-20;/h4-8,19,21-22H,9-18H2,1-3H3,(H2,25,26,27);1H. The molecule has 174 valence electrons. The second kappa shape index (κ2) is 13.3. The number of carbonyl (C=O) groups excluding carboxylic acids is 1. The molecular formula is C24H40IN5O. The minimum atomic E-state index is 0. The van der Waals surface area contributed by atoms with Crippen LogP contribution < -0.4 is 10.6 Å². The molecule has 0 aromatic heterocycles. The van der Waals surface area contributed by atoms with E-state index in [9.17, 15) is 4.79 Å². The topological polar surface area (TPSA) is 60.0 Å². The highest BCUT2D eigenvalue weighted by Crippen LogP contribution is 2.21. The van der Waals surface area contributed by atoms with Gasteiger partial charge in [0.1, 0.15) is 0 Å². The van der Waals surface area contributed by atoms with E-state index in [1.165, 1.54) is 5.56 Å². The SMILES string of the molecule is CN=C(NCC(=O)N1CCC(Cc2ccccc2)CC1)NC1CCN(C(C)C)CC1.I. The number of nitrogens with one attached hydrogen (secondary N) is 2. The van der Waals surface area contributed by atoms with E-state index in [4.69, 9.17) is 0 Å². The fraction of sp³-hybridized carbons (Fsp3) is 0.667. The number of hydrogen-bond acceptors (Lipinski definition) is 3. The first-order chi connectivity index (χ1) is 14.5. The molecule has 1 aromatic rings. The Balaban J connectivity index is 0.00000341. The number of piperidine rings is 2. The lowest BCUT2D eigenvalue weighted by atomic mass is 9.90. The van der Waals surface area contributed by atoms with Gasteiger partial charge in [0.25, 0.3) is 0 Å². The van der Waals surface area contributed by atoms with E-state index in [0.717, 1.165) is 64.2 Å². The maximum atomic E-state index is 12.7. The van der Waals surface area contributed by atoms with Gasteiger partial charge >= 0.3 is 0 Å². The number of halogens is 1. The number of benzene rings is 1. The van der Waals surface area contributed by atoms with Crippen molar-refractivity contribution in [1.29, 1.82) is 0 Å². The fourth-order valence-corrected chi connectivity index (χ4v) is 4.55. The molecule has 31 heavy (non-hydrogen) atoms. The zero-order valence-electron chi connectivity index (χ0n) is 19.3. The van der Waals surface area contributed by atoms with Crippen LogP contribution in [0.2, 0.25) is 0 Å². The number of hydrogen-bond donors (Lipinski definition) is 2. The van der Waals surface area contributed by atoms with E-state index in [1.807, 2.05) is 4.90 Å². The maximum Gasteiger partial charge on any atom is 0.241 e. The second-order valence-corrected chi connectivity index (χ2v) is 8.99. The lowest BCUT2D eigenvalue weighted by Crippen LogP contribution is -2.52. The molecule has 7 heteroatoms. The number of aliphatic imine (C=N–C) groups is 1. The fourth-order valence-electron chi connectivity index (χ4n) is 4.55. The minimum Gasteiger partial charge on any atom is -0.354 e. The summed E-state index contributed by atoms with van der Waals surface area (Å²) in [6.45, 7) is 8.77. The van der Waals surface area contributed by atoms with Crippen LogP contribution in [-0.4, -0.2) is 73.5 Å². The van der Waals surface area contributed by atoms with Crippen LogP contribution in [0.3, 0.4) is 0 Å². The zero-order chi connectivity index (χ0) is 21.3. The maximum absolute atomic E-state index is 12.7. The van der Waals surface area contributed by atoms with Gasteiger partial charge in [-0.05, 0) is 57.4 Å². The summed E-state index contributed by atoms with van der Waals surface area (Å²) in [4.78, 5) is 21.5. The van der Waals surface area contributed by atoms with Crippen molar-refractivity contribution in [3.63, 3.8) is 0 Å². The largest absolute Gasteiger partial charge is 0.354 e. The summed E-state index contributed by atoms with van der Waals surface area (Å²) >= 11 is 0. The predicted octanol–water partition coefficient (Wildman–Crippen LogP) is 3.12. The van der Waals surface area contributed by atoms with E-state index >= 15 is 0 Å². The first-order valence-electron chi connectivity index (χ1n) is 11.6. The average Bonchev–Trinajstić information content (AvgIpc) is 2.78. The minimum absolute atomic E-state index is 0. The molecule has 2 saturated heterocycles. The number of nitrogens with zero attached hydrogens (tertiary/aromatic N) is 3. The Morgan fingerprint density at radius 1 is 1.06 bits per heavy atom. The third-order valence-electron chi connectivity index (χ3n) is 6.57. The quantitative estimate of drug-likeness (QED) is 0.330. The molecule has 1 amide bonds. The highest BCUT2D eigenvalue weighted by Gasteiger charge is 2.24. The number of rotatable bonds is 6. The van der Waals surface area contributed by atoms with Crippen molar-refractivity contribution < 1.29 is 4.79 Å². The molecule has 0 unspecified atom stereocenters. The molecule has 3 rings (SSSR count). The molecule has 0 radical (unpaired) electrons. The van der Waals surface area contributed by atoms with Gasteiger partial charge in [-0.3, -0.25) is 9.79 Å². The van der Waals surface area contributed by atoms with E-state index in [1.54, 1.807) is 7.05 Å². The molecule has 6 nitrogen and oxygen atoms in total. The Kier molecular flexibility index (Phi) is 11.1. The molecular weight excluding hydrogens is 501 g/mol. The van der Waals surface area contributed by atoms with Crippen LogP contribution in [-0.2, 0) is 11.2 Å². The lowest BCUT2D eigenvalue weighted by molar-refractivity contribution is -0.131. The molecule has 2 aliphatic rings. The molecule has 2 heterocycles. The van der Waals surface area contributed by atoms with Crippen LogP contribution in [0.15, 0.2) is 35.3 Å². The van der Waals surface area contributed by atoms with Crippen molar-refractivity contribution in [1.82, 2.24) is 20.4 Å². The van der Waals surface area contributed by atoms with Crippen LogP contribution in [0, 0.1) is 5.92 Å². The molecule has 0 saturated carbocycles. The number of amides is 1. The predicted molar refractivity (Wildman–Crippen MR) is 139 cm³/mol. The third kappa shape index (κ3) is 8.25. The van der Waals surface area contributed by atoms with Crippen LogP contribution in [0.5, 0.6) is 0 Å². The van der Waals surface area contributed by atoms with E-state index in [-0.39, 0.29) is 29.9 Å². The summed E-state index contributed by atoms with van der Waals surface area (Å²) in [5, 5.41) is 6.73. The van der Waals surface area contributed by atoms with Crippen LogP contribution in [0.1, 0.15) is 45.1 Å². The van der Waals surface area contributed by atoms with Gasteiger partial charge < -0.3 is 20.4 Å². The molecule has 1 aromatic carbocycles. The lowest BCUT2D eigenvalue weighted by Gasteiger charge is -2.35. The monoisotopic (exact) mass is 541 g/mol. The van der Waals surface area contributed by atoms with Crippen molar-refractivity contribution in [3.05, 3.63) is 35.9 Å². The summed E-state index contributed by atoms with van der Waals surface area (Å²) < 4.78 is 0. The van der Waals surface area contributed by atoms with Gasteiger partial charge in [-0.25, -0.2) is 0 Å². The Bertz CT molecular complexity index is 680. The molecule has 0 spiro atoms. The molecule has 2 fully saturated rings. The van der Waals surface area contributed by atoms with Gasteiger partial charge in [0.05, 0.1) is 6.54 Å². The van der Waals surface area contributed by atoms with Crippen molar-refractivity contribution in [2.24, 2.45) is 10.9 Å². The Morgan fingerprint density at radius 2 is 1.71 bits per heavy atom. The van der Waals surface area contributed by atoms with Gasteiger partial charge in [-0.15, -0.1) is 24.0 Å². The van der Waals surface area contributed by atoms with Gasteiger partial charge in [-0.2, -0.15) is 0 Å². The molecule has 2 N–H and O–H groups in total. The van der Waals surface area contributed by atoms with Gasteiger partial charge in [0.2, 0.25) is 5.91 Å². The Morgan fingerprint density at radius 3 is 2.29 bits per heavy atom. The molecule has 2 aliphatic heterocycles. The zero-order valence-corrected chi connectivity index (χ0v) is 21.7. The summed E-state index contributed by atoms with van der Waals surface area (Å²) in [5.74, 6) is 1.59. The van der Waals surface area contributed by atoms with Crippen LogP contribution in [0.4, 0.5) is 0 Å². The first-order valence-corrected chi connectivity index (χ1v) is 11.6. The average molecular weight is 542 g/mol. The smallest absolute Gasteiger partial charge is 0.241 e. The second-order valence-electron chi connectivity index (χ2n) is 8.99. The molecule has 0 aliphatic carbocycles. The van der Waals surface area contributed by atoms with Crippen LogP contribution >= 0.6 is 24.0 Å². The van der Waals surface area contributed by atoms with E-state index < -0.39 is 0 Å². The van der Waals surface area contributed by atoms with Gasteiger partial charge in [0, 0.05) is 45.3 Å².